The third-order valence-corrected chi connectivity index (χ3v) is 4.48. The Balaban J connectivity index is 2.09. The molecule has 0 atom stereocenters. The summed E-state index contributed by atoms with van der Waals surface area (Å²) in [5, 5.41) is 5.83. The van der Waals surface area contributed by atoms with Crippen LogP contribution in [-0.2, 0) is 9.59 Å². The Labute approximate surface area is 148 Å². The van der Waals surface area contributed by atoms with E-state index in [9.17, 15) is 14.4 Å². The van der Waals surface area contributed by atoms with E-state index in [0.717, 1.165) is 12.8 Å². The number of benzene rings is 1. The van der Waals surface area contributed by atoms with Gasteiger partial charge in [0.05, 0.1) is 5.41 Å². The topological polar surface area (TPSA) is 101 Å². The minimum absolute atomic E-state index is 0.103. The molecule has 6 nitrogen and oxygen atoms in total. The first-order chi connectivity index (χ1) is 11.6. The molecule has 0 radical (unpaired) electrons. The highest BCUT2D eigenvalue weighted by molar-refractivity contribution is 5.99. The number of amides is 3. The second kappa shape index (κ2) is 7.25. The lowest BCUT2D eigenvalue weighted by atomic mass is 9.81. The van der Waals surface area contributed by atoms with Crippen molar-refractivity contribution in [2.75, 3.05) is 5.32 Å². The second-order valence-electron chi connectivity index (χ2n) is 7.86. The van der Waals surface area contributed by atoms with Crippen LogP contribution in [0.4, 0.5) is 5.69 Å². The van der Waals surface area contributed by atoms with Gasteiger partial charge < -0.3 is 16.4 Å². The average molecular weight is 345 g/mol. The Bertz CT molecular complexity index is 653. The van der Waals surface area contributed by atoms with Crippen LogP contribution >= 0.6 is 0 Å². The van der Waals surface area contributed by atoms with Gasteiger partial charge in [0.2, 0.25) is 17.7 Å². The monoisotopic (exact) mass is 345 g/mol. The lowest BCUT2D eigenvalue weighted by molar-refractivity contribution is -0.133. The van der Waals surface area contributed by atoms with E-state index >= 15 is 0 Å². The van der Waals surface area contributed by atoms with Gasteiger partial charge in [-0.3, -0.25) is 14.4 Å². The predicted molar refractivity (Wildman–Crippen MR) is 97.0 cm³/mol. The third-order valence-electron chi connectivity index (χ3n) is 4.48. The summed E-state index contributed by atoms with van der Waals surface area (Å²) in [6.45, 7) is 5.77. The van der Waals surface area contributed by atoms with Gasteiger partial charge in [0, 0.05) is 23.2 Å². The molecule has 4 N–H and O–H groups in total. The largest absolute Gasteiger partial charge is 0.366 e. The molecule has 2 rings (SSSR count). The van der Waals surface area contributed by atoms with Crippen LogP contribution in [0.3, 0.4) is 0 Å². The van der Waals surface area contributed by atoms with Gasteiger partial charge in [-0.25, -0.2) is 0 Å². The van der Waals surface area contributed by atoms with Crippen LogP contribution in [0.25, 0.3) is 0 Å². The van der Waals surface area contributed by atoms with Crippen LogP contribution < -0.4 is 16.4 Å². The summed E-state index contributed by atoms with van der Waals surface area (Å²) in [4.78, 5) is 36.3. The van der Waals surface area contributed by atoms with Gasteiger partial charge in [0.15, 0.2) is 0 Å². The lowest BCUT2D eigenvalue weighted by Crippen LogP contribution is -2.45. The van der Waals surface area contributed by atoms with Crippen LogP contribution in [0.1, 0.15) is 63.2 Å². The molecular formula is C19H27N3O3. The normalized spacial score (nSPS) is 16.3. The summed E-state index contributed by atoms with van der Waals surface area (Å²) in [5.74, 6) is -0.751. The van der Waals surface area contributed by atoms with E-state index in [1.165, 1.54) is 0 Å². The summed E-state index contributed by atoms with van der Waals surface area (Å²) in [6.07, 6.45) is 3.48. The molecule has 1 saturated carbocycles. The zero-order chi connectivity index (χ0) is 18.7. The van der Waals surface area contributed by atoms with Crippen molar-refractivity contribution in [3.63, 3.8) is 0 Å². The summed E-state index contributed by atoms with van der Waals surface area (Å²) in [5.41, 5.74) is 5.21. The van der Waals surface area contributed by atoms with E-state index in [-0.39, 0.29) is 23.8 Å². The minimum atomic E-state index is -0.669. The molecule has 0 aromatic heterocycles. The number of hydrogen-bond donors (Lipinski definition) is 3. The van der Waals surface area contributed by atoms with Crippen molar-refractivity contribution in [1.29, 1.82) is 0 Å². The Morgan fingerprint density at radius 1 is 1.08 bits per heavy atom. The summed E-state index contributed by atoms with van der Waals surface area (Å²) in [6, 6.07) is 6.45. The molecule has 6 heteroatoms. The highest BCUT2D eigenvalue weighted by Crippen LogP contribution is 2.42. The average Bonchev–Trinajstić information content (AvgIpc) is 2.95. The van der Waals surface area contributed by atoms with Crippen LogP contribution in [0.2, 0.25) is 0 Å². The molecule has 0 aliphatic heterocycles. The summed E-state index contributed by atoms with van der Waals surface area (Å²) < 4.78 is 0. The van der Waals surface area contributed by atoms with Gasteiger partial charge in [-0.2, -0.15) is 0 Å². The fourth-order valence-electron chi connectivity index (χ4n) is 3.29. The molecule has 3 amide bonds. The Hall–Kier alpha value is -2.37. The third kappa shape index (κ3) is 5.05. The first-order valence-corrected chi connectivity index (χ1v) is 8.64. The van der Waals surface area contributed by atoms with E-state index in [2.05, 4.69) is 10.6 Å². The van der Waals surface area contributed by atoms with Gasteiger partial charge in [0.25, 0.3) is 0 Å². The van der Waals surface area contributed by atoms with E-state index in [1.807, 2.05) is 20.8 Å². The van der Waals surface area contributed by atoms with E-state index < -0.39 is 11.3 Å². The zero-order valence-electron chi connectivity index (χ0n) is 15.1. The molecular weight excluding hydrogens is 318 g/mol. The first kappa shape index (κ1) is 19.0. The molecule has 0 saturated heterocycles. The number of anilines is 1. The van der Waals surface area contributed by atoms with Crippen LogP contribution in [0.15, 0.2) is 24.3 Å². The molecule has 25 heavy (non-hydrogen) atoms. The second-order valence-corrected chi connectivity index (χ2v) is 7.86. The SMILES string of the molecule is CC(C)(C)NC(=O)CC1(C(=O)Nc2ccc(C(N)=O)cc2)CCCC1. The molecule has 1 aliphatic rings. The van der Waals surface area contributed by atoms with Crippen molar-refractivity contribution in [2.45, 2.75) is 58.4 Å². The molecule has 1 aromatic carbocycles. The summed E-state index contributed by atoms with van der Waals surface area (Å²) >= 11 is 0. The van der Waals surface area contributed by atoms with E-state index in [0.29, 0.717) is 24.1 Å². The molecule has 0 bridgehead atoms. The molecule has 0 heterocycles. The van der Waals surface area contributed by atoms with Crippen molar-refractivity contribution in [3.8, 4) is 0 Å². The van der Waals surface area contributed by atoms with Gasteiger partial charge in [0.1, 0.15) is 0 Å². The van der Waals surface area contributed by atoms with Crippen LogP contribution in [0.5, 0.6) is 0 Å². The van der Waals surface area contributed by atoms with Gasteiger partial charge in [-0.15, -0.1) is 0 Å². The number of hydrogen-bond acceptors (Lipinski definition) is 3. The summed E-state index contributed by atoms with van der Waals surface area (Å²) in [7, 11) is 0. The highest BCUT2D eigenvalue weighted by atomic mass is 16.2. The van der Waals surface area contributed by atoms with Crippen molar-refractivity contribution in [3.05, 3.63) is 29.8 Å². The Morgan fingerprint density at radius 2 is 1.64 bits per heavy atom. The lowest BCUT2D eigenvalue weighted by Gasteiger charge is -2.29. The Kier molecular flexibility index (Phi) is 5.50. The maximum Gasteiger partial charge on any atom is 0.248 e. The van der Waals surface area contributed by atoms with E-state index in [1.54, 1.807) is 24.3 Å². The zero-order valence-corrected chi connectivity index (χ0v) is 15.1. The van der Waals surface area contributed by atoms with Crippen LogP contribution in [-0.4, -0.2) is 23.3 Å². The van der Waals surface area contributed by atoms with Crippen molar-refractivity contribution in [2.24, 2.45) is 11.1 Å². The standard InChI is InChI=1S/C19H27N3O3/c1-18(2,3)22-15(23)12-19(10-4-5-11-19)17(25)21-14-8-6-13(7-9-14)16(20)24/h6-9H,4-5,10-12H2,1-3H3,(H2,20,24)(H,21,25)(H,22,23). The fourth-order valence-corrected chi connectivity index (χ4v) is 3.29. The smallest absolute Gasteiger partial charge is 0.248 e. The van der Waals surface area contributed by atoms with Crippen LogP contribution in [0, 0.1) is 5.41 Å². The van der Waals surface area contributed by atoms with Crippen molar-refractivity contribution >= 4 is 23.4 Å². The maximum atomic E-state index is 12.9. The van der Waals surface area contributed by atoms with Gasteiger partial charge in [-0.05, 0) is 57.9 Å². The fraction of sp³-hybridized carbons (Fsp3) is 0.526. The predicted octanol–water partition coefficient (Wildman–Crippen LogP) is 2.59. The number of nitrogens with one attached hydrogen (secondary N) is 2. The number of carbonyl (C=O) groups is 3. The molecule has 1 fully saturated rings. The molecule has 136 valence electrons. The number of rotatable bonds is 5. The van der Waals surface area contributed by atoms with Gasteiger partial charge >= 0.3 is 0 Å². The first-order valence-electron chi connectivity index (χ1n) is 8.64. The highest BCUT2D eigenvalue weighted by Gasteiger charge is 2.43. The number of nitrogens with two attached hydrogens (primary N) is 1. The van der Waals surface area contributed by atoms with Crippen molar-refractivity contribution in [1.82, 2.24) is 5.32 Å². The Morgan fingerprint density at radius 3 is 2.12 bits per heavy atom. The molecule has 0 spiro atoms. The van der Waals surface area contributed by atoms with E-state index in [4.69, 9.17) is 5.73 Å². The molecule has 0 unspecified atom stereocenters. The number of carbonyl (C=O) groups excluding carboxylic acids is 3. The quantitative estimate of drug-likeness (QED) is 0.764. The minimum Gasteiger partial charge on any atom is -0.366 e. The molecule has 1 aromatic rings. The number of primary amides is 1. The maximum absolute atomic E-state index is 12.9. The van der Waals surface area contributed by atoms with Gasteiger partial charge in [-0.1, -0.05) is 12.8 Å². The van der Waals surface area contributed by atoms with Crippen molar-refractivity contribution < 1.29 is 14.4 Å². The molecule has 1 aliphatic carbocycles.